The molecule has 0 amide bonds. The third-order valence-corrected chi connectivity index (χ3v) is 2.43. The number of aliphatic carboxylic acids is 1. The van der Waals surface area contributed by atoms with Crippen molar-refractivity contribution in [3.05, 3.63) is 11.6 Å². The third-order valence-electron chi connectivity index (χ3n) is 2.43. The monoisotopic (exact) mass is 124 g/mol. The molecule has 0 spiro atoms. The highest BCUT2D eigenvalue weighted by Gasteiger charge is 2.56. The Morgan fingerprint density at radius 3 is 2.56 bits per heavy atom. The zero-order valence-electron chi connectivity index (χ0n) is 5.16. The third kappa shape index (κ3) is 0.435. The van der Waals surface area contributed by atoms with Crippen molar-refractivity contribution in [2.75, 3.05) is 0 Å². The van der Waals surface area contributed by atoms with Gasteiger partial charge in [-0.1, -0.05) is 13.0 Å². The number of hydrogen-bond acceptors (Lipinski definition) is 1. The molecule has 3 atom stereocenters. The van der Waals surface area contributed by atoms with Gasteiger partial charge < -0.3 is 5.11 Å². The van der Waals surface area contributed by atoms with E-state index < -0.39 is 5.97 Å². The maximum absolute atomic E-state index is 10.3. The van der Waals surface area contributed by atoms with E-state index in [2.05, 4.69) is 6.92 Å². The van der Waals surface area contributed by atoms with Crippen LogP contribution >= 0.6 is 0 Å². The van der Waals surface area contributed by atoms with Crippen molar-refractivity contribution in [2.24, 2.45) is 17.8 Å². The SMILES string of the molecule is CC1C2C=C(C(=O)O)C12. The van der Waals surface area contributed by atoms with Crippen molar-refractivity contribution in [1.29, 1.82) is 0 Å². The Hall–Kier alpha value is -0.790. The van der Waals surface area contributed by atoms with E-state index in [1.165, 1.54) is 0 Å². The number of hydrogen-bond donors (Lipinski definition) is 1. The van der Waals surface area contributed by atoms with Crippen molar-refractivity contribution in [1.82, 2.24) is 0 Å². The molecule has 2 rings (SSSR count). The topological polar surface area (TPSA) is 37.3 Å². The van der Waals surface area contributed by atoms with Crippen LogP contribution in [-0.4, -0.2) is 11.1 Å². The first kappa shape index (κ1) is 5.03. The van der Waals surface area contributed by atoms with Crippen LogP contribution in [-0.2, 0) is 4.79 Å². The van der Waals surface area contributed by atoms with E-state index in [1.807, 2.05) is 6.08 Å². The molecule has 0 radical (unpaired) electrons. The highest BCUT2D eigenvalue weighted by Crippen LogP contribution is 2.59. The normalized spacial score (nSPS) is 44.6. The van der Waals surface area contributed by atoms with Crippen molar-refractivity contribution in [3.8, 4) is 0 Å². The molecule has 2 aliphatic rings. The number of carboxylic acid groups (broad SMARTS) is 1. The van der Waals surface area contributed by atoms with Crippen LogP contribution in [0.2, 0.25) is 0 Å². The molecule has 0 aromatic rings. The number of fused-ring (bicyclic) bond motifs is 1. The molecule has 0 saturated heterocycles. The summed E-state index contributed by atoms with van der Waals surface area (Å²) in [6.45, 7) is 2.10. The molecule has 1 fully saturated rings. The van der Waals surface area contributed by atoms with Crippen molar-refractivity contribution < 1.29 is 9.90 Å². The Morgan fingerprint density at radius 1 is 1.78 bits per heavy atom. The van der Waals surface area contributed by atoms with Crippen LogP contribution in [0.3, 0.4) is 0 Å². The van der Waals surface area contributed by atoms with Crippen molar-refractivity contribution in [3.63, 3.8) is 0 Å². The first-order valence-electron chi connectivity index (χ1n) is 3.17. The van der Waals surface area contributed by atoms with Gasteiger partial charge in [0.2, 0.25) is 0 Å². The van der Waals surface area contributed by atoms with E-state index in [0.717, 1.165) is 0 Å². The molecule has 2 nitrogen and oxygen atoms in total. The van der Waals surface area contributed by atoms with Gasteiger partial charge >= 0.3 is 5.97 Å². The zero-order valence-corrected chi connectivity index (χ0v) is 5.16. The molecule has 3 unspecified atom stereocenters. The smallest absolute Gasteiger partial charge is 0.331 e. The molecular weight excluding hydrogens is 116 g/mol. The van der Waals surface area contributed by atoms with Gasteiger partial charge in [0, 0.05) is 11.5 Å². The Kier molecular flexibility index (Phi) is 0.672. The lowest BCUT2D eigenvalue weighted by Crippen LogP contribution is -2.09. The number of allylic oxidation sites excluding steroid dienone is 1. The second-order valence-electron chi connectivity index (χ2n) is 2.89. The number of carbonyl (C=O) groups is 1. The van der Waals surface area contributed by atoms with Gasteiger partial charge in [0.25, 0.3) is 0 Å². The first-order valence-corrected chi connectivity index (χ1v) is 3.17. The minimum atomic E-state index is -0.722. The molecule has 9 heavy (non-hydrogen) atoms. The molecule has 1 N–H and O–H groups in total. The number of rotatable bonds is 1. The highest BCUT2D eigenvalue weighted by atomic mass is 16.4. The van der Waals surface area contributed by atoms with Crippen LogP contribution in [0.4, 0.5) is 0 Å². The minimum Gasteiger partial charge on any atom is -0.478 e. The standard InChI is InChI=1S/C7H8O2/c1-3-4-2-5(6(3)4)7(8)9/h2-4,6H,1H3,(H,8,9). The summed E-state index contributed by atoms with van der Waals surface area (Å²) < 4.78 is 0. The first-order chi connectivity index (χ1) is 4.22. The van der Waals surface area contributed by atoms with Gasteiger partial charge in [-0.2, -0.15) is 0 Å². The summed E-state index contributed by atoms with van der Waals surface area (Å²) in [5.41, 5.74) is 0.646. The van der Waals surface area contributed by atoms with E-state index in [-0.39, 0.29) is 0 Å². The molecule has 0 aromatic heterocycles. The van der Waals surface area contributed by atoms with E-state index in [9.17, 15) is 4.79 Å². The van der Waals surface area contributed by atoms with Crippen molar-refractivity contribution >= 4 is 5.97 Å². The maximum Gasteiger partial charge on any atom is 0.331 e. The molecule has 48 valence electrons. The molecule has 2 heteroatoms. The van der Waals surface area contributed by atoms with Gasteiger partial charge in [-0.05, 0) is 11.8 Å². The molecule has 0 aliphatic heterocycles. The Morgan fingerprint density at radius 2 is 2.44 bits per heavy atom. The summed E-state index contributed by atoms with van der Waals surface area (Å²) in [5, 5.41) is 8.48. The maximum atomic E-state index is 10.3. The van der Waals surface area contributed by atoms with E-state index >= 15 is 0 Å². The summed E-state index contributed by atoms with van der Waals surface area (Å²) >= 11 is 0. The summed E-state index contributed by atoms with van der Waals surface area (Å²) in [4.78, 5) is 10.3. The molecule has 0 aromatic carbocycles. The lowest BCUT2D eigenvalue weighted by molar-refractivity contribution is -0.133. The minimum absolute atomic E-state index is 0.419. The van der Waals surface area contributed by atoms with Crippen LogP contribution in [0.25, 0.3) is 0 Å². The van der Waals surface area contributed by atoms with Gasteiger partial charge in [0.1, 0.15) is 0 Å². The summed E-state index contributed by atoms with van der Waals surface area (Å²) in [6, 6.07) is 0. The molecule has 2 aliphatic carbocycles. The van der Waals surface area contributed by atoms with Crippen LogP contribution in [0.15, 0.2) is 11.6 Å². The summed E-state index contributed by atoms with van der Waals surface area (Å²) in [7, 11) is 0. The fourth-order valence-electron chi connectivity index (χ4n) is 1.65. The van der Waals surface area contributed by atoms with Crippen LogP contribution in [0.1, 0.15) is 6.92 Å². The Bertz CT molecular complexity index is 205. The fraction of sp³-hybridized carbons (Fsp3) is 0.571. The van der Waals surface area contributed by atoms with E-state index in [1.54, 1.807) is 0 Å². The van der Waals surface area contributed by atoms with Crippen LogP contribution < -0.4 is 0 Å². The molecular formula is C7H8O2. The van der Waals surface area contributed by atoms with Gasteiger partial charge in [-0.3, -0.25) is 0 Å². The zero-order chi connectivity index (χ0) is 6.59. The fourth-order valence-corrected chi connectivity index (χ4v) is 1.65. The Balaban J connectivity index is 2.15. The second kappa shape index (κ2) is 1.20. The summed E-state index contributed by atoms with van der Waals surface area (Å²) in [5.74, 6) is 0.940. The quantitative estimate of drug-likeness (QED) is 0.563. The predicted molar refractivity (Wildman–Crippen MR) is 31.9 cm³/mol. The lowest BCUT2D eigenvalue weighted by atomic mass is 10.00. The number of carboxylic acids is 1. The lowest BCUT2D eigenvalue weighted by Gasteiger charge is -2.06. The van der Waals surface area contributed by atoms with E-state index in [4.69, 9.17) is 5.11 Å². The van der Waals surface area contributed by atoms with Gasteiger partial charge in [-0.15, -0.1) is 0 Å². The average molecular weight is 124 g/mol. The molecule has 0 heterocycles. The van der Waals surface area contributed by atoms with Gasteiger partial charge in [0.15, 0.2) is 0 Å². The predicted octanol–water partition coefficient (Wildman–Crippen LogP) is 0.893. The molecule has 1 saturated carbocycles. The van der Waals surface area contributed by atoms with Gasteiger partial charge in [0.05, 0.1) is 0 Å². The largest absolute Gasteiger partial charge is 0.478 e. The summed E-state index contributed by atoms with van der Waals surface area (Å²) in [6.07, 6.45) is 1.87. The highest BCUT2D eigenvalue weighted by molar-refractivity contribution is 5.90. The van der Waals surface area contributed by atoms with Crippen LogP contribution in [0.5, 0.6) is 0 Å². The van der Waals surface area contributed by atoms with Gasteiger partial charge in [-0.25, -0.2) is 4.79 Å². The van der Waals surface area contributed by atoms with E-state index in [0.29, 0.717) is 23.3 Å². The second-order valence-corrected chi connectivity index (χ2v) is 2.89. The molecule has 0 bridgehead atoms. The average Bonchev–Trinajstić information content (AvgIpc) is 2.03. The Labute approximate surface area is 53.2 Å². The van der Waals surface area contributed by atoms with Crippen molar-refractivity contribution in [2.45, 2.75) is 6.92 Å². The van der Waals surface area contributed by atoms with Crippen LogP contribution in [0, 0.1) is 17.8 Å².